The van der Waals surface area contributed by atoms with Crippen LogP contribution in [-0.2, 0) is 11.2 Å². The zero-order chi connectivity index (χ0) is 22.9. The van der Waals surface area contributed by atoms with Gasteiger partial charge in [-0.3, -0.25) is 9.59 Å². The van der Waals surface area contributed by atoms with Crippen molar-refractivity contribution in [3.63, 3.8) is 0 Å². The largest absolute Gasteiger partial charge is 0.464 e. The molecular formula is C26H19BrN2O4. The van der Waals surface area contributed by atoms with Crippen LogP contribution in [0.2, 0.25) is 0 Å². The first-order valence-corrected chi connectivity index (χ1v) is 11.1. The van der Waals surface area contributed by atoms with E-state index in [1.54, 1.807) is 12.3 Å². The number of anilines is 2. The van der Waals surface area contributed by atoms with E-state index in [9.17, 15) is 9.59 Å². The Labute approximate surface area is 197 Å². The molecule has 2 amide bonds. The first-order valence-electron chi connectivity index (χ1n) is 10.3. The molecule has 7 heteroatoms. The molecule has 0 aliphatic heterocycles. The molecule has 0 fully saturated rings. The third-order valence-corrected chi connectivity index (χ3v) is 5.84. The van der Waals surface area contributed by atoms with E-state index in [0.717, 1.165) is 21.0 Å². The Kier molecular flexibility index (Phi) is 5.48. The van der Waals surface area contributed by atoms with Gasteiger partial charge in [-0.25, -0.2) is 0 Å². The fourth-order valence-corrected chi connectivity index (χ4v) is 4.06. The van der Waals surface area contributed by atoms with E-state index in [0.29, 0.717) is 27.9 Å². The minimum absolute atomic E-state index is 0.0462. The lowest BCUT2D eigenvalue weighted by molar-refractivity contribution is -0.115. The number of carbonyl (C=O) groups excluding carboxylic acids is 2. The van der Waals surface area contributed by atoms with Crippen LogP contribution in [0.4, 0.5) is 11.4 Å². The second kappa shape index (κ2) is 8.60. The average Bonchev–Trinajstić information content (AvgIpc) is 3.37. The molecule has 0 unspecified atom stereocenters. The molecular weight excluding hydrogens is 484 g/mol. The number of benzene rings is 3. The van der Waals surface area contributed by atoms with Gasteiger partial charge in [0, 0.05) is 26.5 Å². The van der Waals surface area contributed by atoms with Crippen molar-refractivity contribution in [3.05, 3.63) is 94.4 Å². The summed E-state index contributed by atoms with van der Waals surface area (Å²) in [4.78, 5) is 26.0. The van der Waals surface area contributed by atoms with Crippen LogP contribution >= 0.6 is 15.9 Å². The lowest BCUT2D eigenvalue weighted by atomic mass is 10.1. The molecule has 2 N–H and O–H groups in total. The smallest absolute Gasteiger partial charge is 0.293 e. The molecule has 5 aromatic rings. The summed E-state index contributed by atoms with van der Waals surface area (Å²) in [5.74, 6) is -0.679. The zero-order valence-corrected chi connectivity index (χ0v) is 19.2. The number of aryl methyl sites for hydroxylation is 1. The number of rotatable bonds is 5. The molecule has 0 radical (unpaired) electrons. The van der Waals surface area contributed by atoms with Crippen molar-refractivity contribution in [3.8, 4) is 0 Å². The van der Waals surface area contributed by atoms with Gasteiger partial charge in [-0.2, -0.15) is 0 Å². The quantitative estimate of drug-likeness (QED) is 0.280. The summed E-state index contributed by atoms with van der Waals surface area (Å²) in [6, 6.07) is 20.3. The normalized spacial score (nSPS) is 11.1. The Bertz CT molecular complexity index is 1500. The molecule has 0 aliphatic rings. The van der Waals surface area contributed by atoms with Crippen LogP contribution in [0.3, 0.4) is 0 Å². The van der Waals surface area contributed by atoms with Crippen molar-refractivity contribution in [1.82, 2.24) is 0 Å². The molecule has 2 heterocycles. The monoisotopic (exact) mass is 502 g/mol. The van der Waals surface area contributed by atoms with Gasteiger partial charge in [-0.15, -0.1) is 0 Å². The molecule has 33 heavy (non-hydrogen) atoms. The van der Waals surface area contributed by atoms with Gasteiger partial charge < -0.3 is 19.5 Å². The first-order chi connectivity index (χ1) is 16.0. The summed E-state index contributed by atoms with van der Waals surface area (Å²) in [5.41, 5.74) is 4.03. The summed E-state index contributed by atoms with van der Waals surface area (Å²) in [5, 5.41) is 7.22. The van der Waals surface area contributed by atoms with E-state index in [1.165, 1.54) is 0 Å². The summed E-state index contributed by atoms with van der Waals surface area (Å²) >= 11 is 3.45. The van der Waals surface area contributed by atoms with E-state index >= 15 is 0 Å². The van der Waals surface area contributed by atoms with Gasteiger partial charge in [-0.1, -0.05) is 45.8 Å². The molecule has 2 aromatic heterocycles. The van der Waals surface area contributed by atoms with Crippen LogP contribution in [-0.4, -0.2) is 11.8 Å². The maximum atomic E-state index is 13.0. The molecule has 0 saturated carbocycles. The van der Waals surface area contributed by atoms with Gasteiger partial charge in [0.05, 0.1) is 12.7 Å². The Morgan fingerprint density at radius 2 is 1.70 bits per heavy atom. The maximum absolute atomic E-state index is 13.0. The summed E-state index contributed by atoms with van der Waals surface area (Å²) in [7, 11) is 0. The Hall–Kier alpha value is -3.84. The highest BCUT2D eigenvalue weighted by Gasteiger charge is 2.23. The van der Waals surface area contributed by atoms with Crippen LogP contribution in [0.5, 0.6) is 0 Å². The number of hydrogen-bond acceptors (Lipinski definition) is 4. The molecule has 0 aliphatic carbocycles. The minimum atomic E-state index is -0.442. The highest BCUT2D eigenvalue weighted by molar-refractivity contribution is 9.10. The number of halogens is 1. The molecule has 6 nitrogen and oxygen atoms in total. The predicted octanol–water partition coefficient (Wildman–Crippen LogP) is 6.68. The first kappa shape index (κ1) is 21.0. The van der Waals surface area contributed by atoms with E-state index in [4.69, 9.17) is 8.83 Å². The van der Waals surface area contributed by atoms with Crippen LogP contribution in [0.1, 0.15) is 21.7 Å². The van der Waals surface area contributed by atoms with Crippen LogP contribution in [0.15, 0.2) is 86.3 Å². The van der Waals surface area contributed by atoms with Crippen molar-refractivity contribution in [1.29, 1.82) is 0 Å². The van der Waals surface area contributed by atoms with Crippen LogP contribution in [0.25, 0.3) is 21.9 Å². The second-order valence-electron chi connectivity index (χ2n) is 7.75. The van der Waals surface area contributed by atoms with Gasteiger partial charge in [0.1, 0.15) is 16.9 Å². The second-order valence-corrected chi connectivity index (χ2v) is 8.66. The fraction of sp³-hybridized carbons (Fsp3) is 0.0769. The highest BCUT2D eigenvalue weighted by Crippen LogP contribution is 2.32. The van der Waals surface area contributed by atoms with Crippen LogP contribution < -0.4 is 10.6 Å². The number of para-hydroxylation sites is 1. The van der Waals surface area contributed by atoms with Crippen molar-refractivity contribution in [2.24, 2.45) is 0 Å². The zero-order valence-electron chi connectivity index (χ0n) is 17.6. The van der Waals surface area contributed by atoms with E-state index in [-0.39, 0.29) is 18.1 Å². The van der Waals surface area contributed by atoms with E-state index in [1.807, 2.05) is 67.6 Å². The number of nitrogens with one attached hydrogen (secondary N) is 2. The molecule has 164 valence electrons. The van der Waals surface area contributed by atoms with Gasteiger partial charge in [0.25, 0.3) is 5.91 Å². The SMILES string of the molecule is Cc1ccc(NC(=O)c2oc3ccccc3c2NC(=O)Cc2coc3ccc(Br)cc23)cc1. The topological polar surface area (TPSA) is 84.5 Å². The standard InChI is InChI=1S/C26H19BrN2O4/c1-15-6-9-18(10-7-15)28-26(31)25-24(19-4-2-3-5-22(19)33-25)29-23(30)12-16-14-32-21-11-8-17(27)13-20(16)21/h2-11,13-14H,12H2,1H3,(H,28,31)(H,29,30). The molecule has 0 saturated heterocycles. The third kappa shape index (κ3) is 4.27. The predicted molar refractivity (Wildman–Crippen MR) is 132 cm³/mol. The molecule has 5 rings (SSSR count). The van der Waals surface area contributed by atoms with Gasteiger partial charge >= 0.3 is 0 Å². The van der Waals surface area contributed by atoms with Gasteiger partial charge in [0.15, 0.2) is 0 Å². The van der Waals surface area contributed by atoms with Gasteiger partial charge in [0.2, 0.25) is 11.7 Å². The van der Waals surface area contributed by atoms with E-state index < -0.39 is 5.91 Å². The molecule has 0 atom stereocenters. The molecule has 0 spiro atoms. The Balaban J connectivity index is 1.44. The van der Waals surface area contributed by atoms with Crippen molar-refractivity contribution >= 4 is 61.1 Å². The summed E-state index contributed by atoms with van der Waals surface area (Å²) in [6.45, 7) is 1.97. The minimum Gasteiger partial charge on any atom is -0.464 e. The number of hydrogen-bond donors (Lipinski definition) is 2. The molecule has 0 bridgehead atoms. The van der Waals surface area contributed by atoms with Gasteiger partial charge in [-0.05, 0) is 49.4 Å². The number of carbonyl (C=O) groups is 2. The highest BCUT2D eigenvalue weighted by atomic mass is 79.9. The summed E-state index contributed by atoms with van der Waals surface area (Å²) in [6.07, 6.45) is 1.66. The average molecular weight is 503 g/mol. The molecule has 3 aromatic carbocycles. The third-order valence-electron chi connectivity index (χ3n) is 5.34. The maximum Gasteiger partial charge on any atom is 0.293 e. The lowest BCUT2D eigenvalue weighted by Gasteiger charge is -2.07. The van der Waals surface area contributed by atoms with E-state index in [2.05, 4.69) is 26.6 Å². The van der Waals surface area contributed by atoms with Crippen molar-refractivity contribution < 1.29 is 18.4 Å². The Morgan fingerprint density at radius 1 is 0.909 bits per heavy atom. The number of fused-ring (bicyclic) bond motifs is 2. The van der Waals surface area contributed by atoms with Crippen molar-refractivity contribution in [2.75, 3.05) is 10.6 Å². The Morgan fingerprint density at radius 3 is 2.52 bits per heavy atom. The van der Waals surface area contributed by atoms with Crippen LogP contribution in [0, 0.1) is 6.92 Å². The number of amides is 2. The number of furan rings is 2. The van der Waals surface area contributed by atoms with Crippen molar-refractivity contribution in [2.45, 2.75) is 13.3 Å². The lowest BCUT2D eigenvalue weighted by Crippen LogP contribution is -2.18. The summed E-state index contributed by atoms with van der Waals surface area (Å²) < 4.78 is 12.3. The fourth-order valence-electron chi connectivity index (χ4n) is 3.70.